The van der Waals surface area contributed by atoms with Crippen LogP contribution >= 0.6 is 11.6 Å². The van der Waals surface area contributed by atoms with E-state index in [1.165, 1.54) is 0 Å². The first-order chi connectivity index (χ1) is 9.28. The van der Waals surface area contributed by atoms with E-state index in [1.807, 2.05) is 24.4 Å². The highest BCUT2D eigenvalue weighted by Gasteiger charge is 2.10. The maximum Gasteiger partial charge on any atom is 0.240 e. The summed E-state index contributed by atoms with van der Waals surface area (Å²) in [6.07, 6.45) is 3.51. The van der Waals surface area contributed by atoms with Crippen molar-refractivity contribution in [3.8, 4) is 17.1 Å². The number of nitrogens with two attached hydrogens (primary N) is 1. The van der Waals surface area contributed by atoms with Crippen LogP contribution in [0.4, 0.5) is 0 Å². The number of rotatable bonds is 3. The van der Waals surface area contributed by atoms with Crippen LogP contribution in [0.1, 0.15) is 5.89 Å². The van der Waals surface area contributed by atoms with E-state index < -0.39 is 0 Å². The summed E-state index contributed by atoms with van der Waals surface area (Å²) in [6, 6.07) is 7.30. The second kappa shape index (κ2) is 4.83. The summed E-state index contributed by atoms with van der Waals surface area (Å²) >= 11 is 6.24. The van der Waals surface area contributed by atoms with E-state index >= 15 is 0 Å². The molecule has 3 rings (SSSR count). The molecule has 0 spiro atoms. The lowest BCUT2D eigenvalue weighted by atomic mass is 10.2. The molecule has 0 aliphatic carbocycles. The highest BCUT2D eigenvalue weighted by molar-refractivity contribution is 6.32. The fraction of sp³-hybridized carbons (Fsp3) is 0.0833. The van der Waals surface area contributed by atoms with Crippen LogP contribution in [0.25, 0.3) is 17.1 Å². The van der Waals surface area contributed by atoms with Crippen molar-refractivity contribution in [1.29, 1.82) is 0 Å². The molecule has 1 aromatic carbocycles. The third kappa shape index (κ3) is 2.23. The molecular weight excluding hydrogens is 266 g/mol. The zero-order valence-corrected chi connectivity index (χ0v) is 10.6. The van der Waals surface area contributed by atoms with Gasteiger partial charge < -0.3 is 10.3 Å². The summed E-state index contributed by atoms with van der Waals surface area (Å²) in [5, 5.41) is 8.53. The predicted octanol–water partition coefficient (Wildman–Crippen LogP) is 2.03. The quantitative estimate of drug-likeness (QED) is 0.791. The number of benzene rings is 1. The molecule has 2 heterocycles. The standard InChI is InChI=1S/C12H10ClN5O/c13-9-6-8(12-16-11(7-14)19-17-12)2-3-10(9)18-5-1-4-15-18/h1-6H,7,14H2. The predicted molar refractivity (Wildman–Crippen MR) is 69.8 cm³/mol. The van der Waals surface area contributed by atoms with Gasteiger partial charge in [0.15, 0.2) is 0 Å². The molecule has 19 heavy (non-hydrogen) atoms. The lowest BCUT2D eigenvalue weighted by molar-refractivity contribution is 0.380. The molecule has 0 aliphatic rings. The van der Waals surface area contributed by atoms with Crippen LogP contribution in [0.2, 0.25) is 5.02 Å². The van der Waals surface area contributed by atoms with Gasteiger partial charge in [0, 0.05) is 18.0 Å². The average Bonchev–Trinajstić information content (AvgIpc) is 3.10. The van der Waals surface area contributed by atoms with Crippen LogP contribution in [-0.2, 0) is 6.54 Å². The monoisotopic (exact) mass is 275 g/mol. The van der Waals surface area contributed by atoms with Gasteiger partial charge in [0.1, 0.15) is 0 Å². The van der Waals surface area contributed by atoms with Crippen molar-refractivity contribution in [2.24, 2.45) is 5.73 Å². The van der Waals surface area contributed by atoms with E-state index in [9.17, 15) is 0 Å². The fourth-order valence-electron chi connectivity index (χ4n) is 1.70. The molecule has 0 bridgehead atoms. The normalized spacial score (nSPS) is 10.8. The van der Waals surface area contributed by atoms with Gasteiger partial charge in [0.05, 0.1) is 17.3 Å². The molecular formula is C12H10ClN5O. The van der Waals surface area contributed by atoms with Crippen molar-refractivity contribution >= 4 is 11.6 Å². The summed E-state index contributed by atoms with van der Waals surface area (Å²) in [5.74, 6) is 0.858. The van der Waals surface area contributed by atoms with Crippen LogP contribution in [-0.4, -0.2) is 19.9 Å². The minimum atomic E-state index is 0.214. The molecule has 6 nitrogen and oxygen atoms in total. The Morgan fingerprint density at radius 2 is 2.26 bits per heavy atom. The van der Waals surface area contributed by atoms with Crippen molar-refractivity contribution in [2.75, 3.05) is 0 Å². The van der Waals surface area contributed by atoms with Crippen molar-refractivity contribution in [3.63, 3.8) is 0 Å². The molecule has 7 heteroatoms. The molecule has 0 fully saturated rings. The molecule has 0 saturated carbocycles. The van der Waals surface area contributed by atoms with Crippen LogP contribution in [0.5, 0.6) is 0 Å². The summed E-state index contributed by atoms with van der Waals surface area (Å²) < 4.78 is 6.65. The van der Waals surface area contributed by atoms with Gasteiger partial charge in [-0.25, -0.2) is 4.68 Å². The number of nitrogens with zero attached hydrogens (tertiary/aromatic N) is 4. The summed E-state index contributed by atoms with van der Waals surface area (Å²) in [5.41, 5.74) is 6.98. The van der Waals surface area contributed by atoms with Gasteiger partial charge in [-0.15, -0.1) is 0 Å². The Labute approximate surface area is 113 Å². The van der Waals surface area contributed by atoms with Gasteiger partial charge >= 0.3 is 0 Å². The van der Waals surface area contributed by atoms with Gasteiger partial charge in [-0.3, -0.25) is 0 Å². The van der Waals surface area contributed by atoms with Crippen LogP contribution in [0.15, 0.2) is 41.2 Å². The molecule has 0 saturated heterocycles. The number of hydrogen-bond donors (Lipinski definition) is 1. The van der Waals surface area contributed by atoms with Gasteiger partial charge in [0.25, 0.3) is 0 Å². The first-order valence-corrected chi connectivity index (χ1v) is 5.98. The number of hydrogen-bond acceptors (Lipinski definition) is 5. The second-order valence-corrected chi connectivity index (χ2v) is 4.24. The lowest BCUT2D eigenvalue weighted by Crippen LogP contribution is -1.96. The van der Waals surface area contributed by atoms with Crippen molar-refractivity contribution in [2.45, 2.75) is 6.54 Å². The molecule has 0 aliphatic heterocycles. The van der Waals surface area contributed by atoms with Gasteiger partial charge in [-0.2, -0.15) is 10.1 Å². The van der Waals surface area contributed by atoms with Gasteiger partial charge in [-0.1, -0.05) is 16.8 Å². The number of halogens is 1. The van der Waals surface area contributed by atoms with E-state index in [4.69, 9.17) is 21.9 Å². The Balaban J connectivity index is 1.99. The second-order valence-electron chi connectivity index (χ2n) is 3.83. The van der Waals surface area contributed by atoms with E-state index in [1.54, 1.807) is 16.9 Å². The third-order valence-electron chi connectivity index (χ3n) is 2.60. The zero-order valence-electron chi connectivity index (χ0n) is 9.82. The summed E-state index contributed by atoms with van der Waals surface area (Å²) in [7, 11) is 0. The van der Waals surface area contributed by atoms with E-state index in [0.29, 0.717) is 16.7 Å². The van der Waals surface area contributed by atoms with Crippen molar-refractivity contribution in [3.05, 3.63) is 47.6 Å². The third-order valence-corrected chi connectivity index (χ3v) is 2.90. The van der Waals surface area contributed by atoms with E-state index in [-0.39, 0.29) is 6.54 Å². The molecule has 0 atom stereocenters. The highest BCUT2D eigenvalue weighted by Crippen LogP contribution is 2.26. The lowest BCUT2D eigenvalue weighted by Gasteiger charge is -2.05. The van der Waals surface area contributed by atoms with Crippen molar-refractivity contribution in [1.82, 2.24) is 19.9 Å². The first kappa shape index (κ1) is 11.9. The average molecular weight is 276 g/mol. The van der Waals surface area contributed by atoms with Gasteiger partial charge in [0.2, 0.25) is 11.7 Å². The Morgan fingerprint density at radius 1 is 1.37 bits per heavy atom. The topological polar surface area (TPSA) is 82.8 Å². The Kier molecular flexibility index (Phi) is 3.02. The smallest absolute Gasteiger partial charge is 0.240 e. The maximum atomic E-state index is 6.24. The summed E-state index contributed by atoms with van der Waals surface area (Å²) in [4.78, 5) is 4.15. The van der Waals surface area contributed by atoms with Crippen LogP contribution < -0.4 is 5.73 Å². The summed E-state index contributed by atoms with van der Waals surface area (Å²) in [6.45, 7) is 0.214. The van der Waals surface area contributed by atoms with Gasteiger partial charge in [-0.05, 0) is 24.3 Å². The van der Waals surface area contributed by atoms with E-state index in [2.05, 4.69) is 15.2 Å². The molecule has 96 valence electrons. The molecule has 0 amide bonds. The molecule has 0 radical (unpaired) electrons. The Bertz CT molecular complexity index is 692. The molecule has 3 aromatic rings. The maximum absolute atomic E-state index is 6.24. The minimum absolute atomic E-state index is 0.214. The minimum Gasteiger partial charge on any atom is -0.338 e. The van der Waals surface area contributed by atoms with E-state index in [0.717, 1.165) is 11.3 Å². The Morgan fingerprint density at radius 3 is 2.89 bits per heavy atom. The zero-order chi connectivity index (χ0) is 13.2. The fourth-order valence-corrected chi connectivity index (χ4v) is 1.97. The molecule has 2 aromatic heterocycles. The number of aromatic nitrogens is 4. The molecule has 2 N–H and O–H groups in total. The Hall–Kier alpha value is -2.18. The first-order valence-electron chi connectivity index (χ1n) is 5.60. The van der Waals surface area contributed by atoms with Crippen LogP contribution in [0.3, 0.4) is 0 Å². The SMILES string of the molecule is NCc1nc(-c2ccc(-n3cccn3)c(Cl)c2)no1. The molecule has 0 unspecified atom stereocenters. The van der Waals surface area contributed by atoms with Crippen molar-refractivity contribution < 1.29 is 4.52 Å². The highest BCUT2D eigenvalue weighted by atomic mass is 35.5. The largest absolute Gasteiger partial charge is 0.338 e. The van der Waals surface area contributed by atoms with Crippen LogP contribution in [0, 0.1) is 0 Å².